The molecule has 2 heteroatoms. The maximum Gasteiger partial charge on any atom is 0.160 e. The van der Waals surface area contributed by atoms with Gasteiger partial charge in [-0.1, -0.05) is 0 Å². The van der Waals surface area contributed by atoms with Crippen molar-refractivity contribution >= 4 is 0 Å². The molecule has 0 spiro atoms. The molecule has 0 amide bonds. The van der Waals surface area contributed by atoms with E-state index in [9.17, 15) is 0 Å². The number of hydrogen-bond acceptors (Lipinski definition) is 2. The van der Waals surface area contributed by atoms with Crippen molar-refractivity contribution in [1.82, 2.24) is 0 Å². The third-order valence-electron chi connectivity index (χ3n) is 0.945. The predicted molar refractivity (Wildman–Crippen MR) is 25.4 cm³/mol. The van der Waals surface area contributed by atoms with Crippen LogP contribution in [0.15, 0.2) is 0 Å². The summed E-state index contributed by atoms with van der Waals surface area (Å²) in [5, 5.41) is 0. The number of rotatable bonds is 2. The Bertz CT molecular complexity index is 50.0. The summed E-state index contributed by atoms with van der Waals surface area (Å²) in [5.74, 6) is 0. The van der Waals surface area contributed by atoms with Crippen LogP contribution in [0.25, 0.3) is 0 Å². The van der Waals surface area contributed by atoms with Crippen molar-refractivity contribution in [2.75, 3.05) is 6.61 Å². The van der Waals surface area contributed by atoms with Crippen molar-refractivity contribution in [1.29, 1.82) is 0 Å². The first-order chi connectivity index (χ1) is 3.43. The van der Waals surface area contributed by atoms with Crippen LogP contribution in [-0.4, -0.2) is 12.9 Å². The lowest BCUT2D eigenvalue weighted by Gasteiger charge is -2.24. The summed E-state index contributed by atoms with van der Waals surface area (Å²) in [4.78, 5) is 0. The van der Waals surface area contributed by atoms with Gasteiger partial charge in [-0.25, -0.2) is 0 Å². The maximum atomic E-state index is 4.93. The van der Waals surface area contributed by atoms with Crippen LogP contribution in [0, 0.1) is 6.61 Å². The Hall–Kier alpha value is -0.0800. The lowest BCUT2D eigenvalue weighted by molar-refractivity contribution is -0.197. The van der Waals surface area contributed by atoms with E-state index < -0.39 is 0 Å². The molecule has 0 aromatic rings. The van der Waals surface area contributed by atoms with E-state index in [0.717, 1.165) is 13.0 Å². The molecule has 0 aliphatic carbocycles. The summed E-state index contributed by atoms with van der Waals surface area (Å²) in [6, 6.07) is 0. The lowest BCUT2D eigenvalue weighted by atomic mass is 10.3. The monoisotopic (exact) mass is 101 g/mol. The summed E-state index contributed by atoms with van der Waals surface area (Å²) >= 11 is 0. The Balaban J connectivity index is 1.93. The fourth-order valence-corrected chi connectivity index (χ4v) is 0.473. The van der Waals surface area contributed by atoms with Crippen LogP contribution in [0.2, 0.25) is 0 Å². The SMILES string of the molecule is C[CH]OC1CCO1. The molecule has 41 valence electrons. The van der Waals surface area contributed by atoms with Gasteiger partial charge in [0.25, 0.3) is 0 Å². The van der Waals surface area contributed by atoms with Gasteiger partial charge in [-0.05, 0) is 6.92 Å². The third-order valence-corrected chi connectivity index (χ3v) is 0.945. The second-order valence-corrected chi connectivity index (χ2v) is 1.46. The topological polar surface area (TPSA) is 18.5 Å². The smallest absolute Gasteiger partial charge is 0.160 e. The van der Waals surface area contributed by atoms with Crippen molar-refractivity contribution in [2.45, 2.75) is 19.6 Å². The van der Waals surface area contributed by atoms with Crippen molar-refractivity contribution in [2.24, 2.45) is 0 Å². The van der Waals surface area contributed by atoms with E-state index in [1.807, 2.05) is 6.92 Å². The van der Waals surface area contributed by atoms with Gasteiger partial charge in [0, 0.05) is 6.42 Å². The highest BCUT2D eigenvalue weighted by Gasteiger charge is 2.16. The summed E-state index contributed by atoms with van der Waals surface area (Å²) in [6.07, 6.45) is 1.12. The van der Waals surface area contributed by atoms with Gasteiger partial charge < -0.3 is 9.47 Å². The minimum absolute atomic E-state index is 0.0741. The minimum atomic E-state index is 0.0741. The zero-order valence-electron chi connectivity index (χ0n) is 4.39. The van der Waals surface area contributed by atoms with E-state index in [4.69, 9.17) is 9.47 Å². The molecular weight excluding hydrogens is 92.1 g/mol. The fourth-order valence-electron chi connectivity index (χ4n) is 0.473. The van der Waals surface area contributed by atoms with Gasteiger partial charge in [0.1, 0.15) is 0 Å². The van der Waals surface area contributed by atoms with E-state index in [2.05, 4.69) is 0 Å². The van der Waals surface area contributed by atoms with Crippen LogP contribution < -0.4 is 0 Å². The highest BCUT2D eigenvalue weighted by atomic mass is 16.7. The molecule has 1 aliphatic heterocycles. The zero-order chi connectivity index (χ0) is 5.11. The van der Waals surface area contributed by atoms with E-state index in [0.29, 0.717) is 0 Å². The molecule has 1 rings (SSSR count). The Morgan fingerprint density at radius 3 is 2.71 bits per heavy atom. The molecule has 1 fully saturated rings. The molecule has 0 saturated carbocycles. The molecule has 1 radical (unpaired) electrons. The second kappa shape index (κ2) is 2.28. The van der Waals surface area contributed by atoms with Crippen LogP contribution in [0.5, 0.6) is 0 Å². The minimum Gasteiger partial charge on any atom is -0.352 e. The van der Waals surface area contributed by atoms with Gasteiger partial charge in [-0.3, -0.25) is 0 Å². The van der Waals surface area contributed by atoms with Crippen LogP contribution in [0.1, 0.15) is 13.3 Å². The molecule has 0 N–H and O–H groups in total. The number of hydrogen-bond donors (Lipinski definition) is 0. The van der Waals surface area contributed by atoms with Gasteiger partial charge in [0.05, 0.1) is 13.2 Å². The zero-order valence-corrected chi connectivity index (χ0v) is 4.39. The first-order valence-corrected chi connectivity index (χ1v) is 2.48. The van der Waals surface area contributed by atoms with Crippen LogP contribution in [0.4, 0.5) is 0 Å². The molecule has 0 aromatic heterocycles. The standard InChI is InChI=1S/C5H9O2/c1-2-6-5-3-4-7-5/h2,5H,3-4H2,1H3. The normalized spacial score (nSPS) is 29.6. The molecule has 0 bridgehead atoms. The summed E-state index contributed by atoms with van der Waals surface area (Å²) in [7, 11) is 0. The average molecular weight is 101 g/mol. The first kappa shape index (κ1) is 5.06. The van der Waals surface area contributed by atoms with Gasteiger partial charge in [0.15, 0.2) is 6.29 Å². The molecular formula is C5H9O2. The van der Waals surface area contributed by atoms with Crippen LogP contribution in [-0.2, 0) is 9.47 Å². The van der Waals surface area contributed by atoms with Crippen molar-refractivity contribution in [3.63, 3.8) is 0 Å². The molecule has 1 aliphatic rings. The van der Waals surface area contributed by atoms with Gasteiger partial charge in [-0.2, -0.15) is 0 Å². The van der Waals surface area contributed by atoms with E-state index >= 15 is 0 Å². The summed E-state index contributed by atoms with van der Waals surface area (Å²) < 4.78 is 9.85. The Morgan fingerprint density at radius 1 is 1.86 bits per heavy atom. The first-order valence-electron chi connectivity index (χ1n) is 2.48. The quantitative estimate of drug-likeness (QED) is 0.515. The predicted octanol–water partition coefficient (Wildman–Crippen LogP) is 0.931. The lowest BCUT2D eigenvalue weighted by Crippen LogP contribution is -2.28. The fraction of sp³-hybridized carbons (Fsp3) is 0.800. The Kier molecular flexibility index (Phi) is 1.65. The molecule has 7 heavy (non-hydrogen) atoms. The Morgan fingerprint density at radius 2 is 2.57 bits per heavy atom. The number of ether oxygens (including phenoxy) is 2. The molecule has 1 saturated heterocycles. The summed E-state index contributed by atoms with van der Waals surface area (Å²) in [5.41, 5.74) is 0. The highest BCUT2D eigenvalue weighted by molar-refractivity contribution is 4.55. The van der Waals surface area contributed by atoms with Gasteiger partial charge in [0.2, 0.25) is 0 Å². The van der Waals surface area contributed by atoms with Crippen molar-refractivity contribution in [3.8, 4) is 0 Å². The van der Waals surface area contributed by atoms with Gasteiger partial charge in [-0.15, -0.1) is 0 Å². The second-order valence-electron chi connectivity index (χ2n) is 1.46. The molecule has 1 heterocycles. The van der Waals surface area contributed by atoms with Crippen LogP contribution in [0.3, 0.4) is 0 Å². The van der Waals surface area contributed by atoms with Gasteiger partial charge >= 0.3 is 0 Å². The van der Waals surface area contributed by atoms with Crippen molar-refractivity contribution in [3.05, 3.63) is 6.61 Å². The van der Waals surface area contributed by atoms with E-state index in [1.165, 1.54) is 0 Å². The molecule has 2 nitrogen and oxygen atoms in total. The molecule has 0 aromatic carbocycles. The maximum absolute atomic E-state index is 4.93. The largest absolute Gasteiger partial charge is 0.352 e. The van der Waals surface area contributed by atoms with E-state index in [1.54, 1.807) is 6.61 Å². The molecule has 1 unspecified atom stereocenters. The molecule has 1 atom stereocenters. The summed E-state index contributed by atoms with van der Waals surface area (Å²) in [6.45, 7) is 4.37. The highest BCUT2D eigenvalue weighted by Crippen LogP contribution is 2.11. The van der Waals surface area contributed by atoms with Crippen molar-refractivity contribution < 1.29 is 9.47 Å². The third kappa shape index (κ3) is 1.14. The van der Waals surface area contributed by atoms with Crippen LogP contribution >= 0.6 is 0 Å². The average Bonchev–Trinajstić information content (AvgIpc) is 1.55. The Labute approximate surface area is 43.4 Å². The van der Waals surface area contributed by atoms with E-state index in [-0.39, 0.29) is 6.29 Å².